The Balaban J connectivity index is 0.000000108. The maximum Gasteiger partial charge on any atom is 0.164 e. The SMILES string of the molecule is CC1(C)c2ccccc2-c2cc3c4ccccc4n(-c4ccc(-c5nc(-c6ccccc6)nc(-c6ccccc6)n5)cc4)c3cc21.CC1(C)c2ccccc2-c2cc3c4ccccc4n(-c4cccc(-c5nc(-c6ccccc6)cc(-c6ccccc6)n5)c4)c3cc21.c1ccc(-c2ccc(-c3cc(-n4c5ccccc5c5c6sc7ccccc7c6ccc54)nc4ccccc34)cc2)cc1. The van der Waals surface area contributed by atoms with Gasteiger partial charge in [-0.15, -0.1) is 11.3 Å². The van der Waals surface area contributed by atoms with Crippen molar-refractivity contribution in [1.29, 1.82) is 0 Å². The van der Waals surface area contributed by atoms with Crippen LogP contribution in [0.5, 0.6) is 0 Å². The van der Waals surface area contributed by atoms with Gasteiger partial charge < -0.3 is 9.13 Å². The van der Waals surface area contributed by atoms with Crippen LogP contribution in [0.25, 0.3) is 226 Å². The second kappa shape index (κ2) is 32.0. The Morgan fingerprint density at radius 3 is 1.17 bits per heavy atom. The molecule has 0 radical (unpaired) electrons. The highest BCUT2D eigenvalue weighted by atomic mass is 32.1. The van der Waals surface area contributed by atoms with Crippen LogP contribution in [-0.2, 0) is 10.8 Å². The highest BCUT2D eigenvalue weighted by Crippen LogP contribution is 2.54. The van der Waals surface area contributed by atoms with Crippen molar-refractivity contribution in [3.63, 3.8) is 0 Å². The molecule has 7 aromatic heterocycles. The lowest BCUT2D eigenvalue weighted by atomic mass is 9.82. The molecule has 0 atom stereocenters. The molecule has 0 saturated heterocycles. The van der Waals surface area contributed by atoms with Gasteiger partial charge in [0.2, 0.25) is 0 Å². The molecule has 27 rings (SSSR count). The Morgan fingerprint density at radius 2 is 0.619 bits per heavy atom. The van der Waals surface area contributed by atoms with Crippen LogP contribution in [0.3, 0.4) is 0 Å². The van der Waals surface area contributed by atoms with Crippen LogP contribution in [0.4, 0.5) is 0 Å². The van der Waals surface area contributed by atoms with Gasteiger partial charge in [-0.05, 0) is 176 Å². The first-order valence-corrected chi connectivity index (χ1v) is 46.6. The third kappa shape index (κ3) is 13.3. The molecule has 18 aromatic carbocycles. The van der Waals surface area contributed by atoms with E-state index in [4.69, 9.17) is 29.9 Å². The second-order valence-electron chi connectivity index (χ2n) is 36.0. The standard InChI is InChI=1S/C43H31N3.C42H30N4.C39H24N2S/c1-43(2)36-22-11-9-20-32(36)34-25-35-33-21-10-12-23-40(33)46(41(35)26-37(34)43)31-19-13-18-30(24-31)42-44-38(28-14-5-3-6-15-28)27-39(45-42)29-16-7-4-8-17-29;1-42(2)35-19-11-9-17-31(35)33-25-34-32-18-10-12-20-37(32)46(38(34)26-36(33)42)30-23-21-29(22-24-30)41-44-39(27-13-5-3-6-14-27)43-40(45-41)28-15-7-4-8-16-28;1-2-10-25(11-3-1)26-18-20-27(21-19-26)32-24-37(40-33-15-7-4-12-28(32)33)41-34-16-8-5-14-31(34)38-35(41)23-22-30-29-13-6-9-17-36(29)42-39(30)38/h3-27H,1-2H3;3-26H,1-2H3;1-24H. The van der Waals surface area contributed by atoms with Crippen LogP contribution < -0.4 is 0 Å². The Morgan fingerprint density at radius 1 is 0.209 bits per heavy atom. The van der Waals surface area contributed by atoms with Crippen molar-refractivity contribution in [2.24, 2.45) is 0 Å². The molecule has 134 heavy (non-hydrogen) atoms. The molecule has 632 valence electrons. The summed E-state index contributed by atoms with van der Waals surface area (Å²) >= 11 is 1.88. The molecular formula is C124H85N9S. The number of thiophene rings is 1. The van der Waals surface area contributed by atoms with Crippen molar-refractivity contribution in [3.8, 4) is 130 Å². The largest absolute Gasteiger partial charge is 0.309 e. The fourth-order valence-corrected chi connectivity index (χ4v) is 22.2. The summed E-state index contributed by atoms with van der Waals surface area (Å²) in [6.07, 6.45) is 0. The van der Waals surface area contributed by atoms with Crippen LogP contribution >= 0.6 is 11.3 Å². The number of rotatable bonds is 11. The molecule has 0 saturated carbocycles. The topological polar surface area (TPSA) is 92.1 Å². The molecule has 0 fully saturated rings. The van der Waals surface area contributed by atoms with Crippen LogP contribution in [0, 0.1) is 0 Å². The van der Waals surface area contributed by atoms with E-state index < -0.39 is 0 Å². The fourth-order valence-electron chi connectivity index (χ4n) is 20.9. The summed E-state index contributed by atoms with van der Waals surface area (Å²) in [5, 5.41) is 11.4. The third-order valence-electron chi connectivity index (χ3n) is 27.5. The molecular weight excluding hydrogens is 1650 g/mol. The number of fused-ring (bicyclic) bond motifs is 20. The number of para-hydroxylation sites is 4. The Bertz CT molecular complexity index is 8850. The summed E-state index contributed by atoms with van der Waals surface area (Å²) in [6, 6.07) is 157. The van der Waals surface area contributed by atoms with E-state index >= 15 is 0 Å². The summed E-state index contributed by atoms with van der Waals surface area (Å²) in [5.41, 5.74) is 33.7. The molecule has 2 aliphatic carbocycles. The van der Waals surface area contributed by atoms with Gasteiger partial charge in [0.15, 0.2) is 23.3 Å². The van der Waals surface area contributed by atoms with Crippen molar-refractivity contribution in [1.82, 2.24) is 43.6 Å². The van der Waals surface area contributed by atoms with E-state index in [0.29, 0.717) is 23.3 Å². The summed E-state index contributed by atoms with van der Waals surface area (Å²) < 4.78 is 9.81. The van der Waals surface area contributed by atoms with E-state index in [1.165, 1.54) is 152 Å². The van der Waals surface area contributed by atoms with E-state index in [0.717, 1.165) is 72.9 Å². The lowest BCUT2D eigenvalue weighted by molar-refractivity contribution is 0.661. The highest BCUT2D eigenvalue weighted by Gasteiger charge is 2.38. The predicted octanol–water partition coefficient (Wildman–Crippen LogP) is 32.2. The molecule has 0 unspecified atom stereocenters. The zero-order valence-electron chi connectivity index (χ0n) is 74.1. The zero-order valence-corrected chi connectivity index (χ0v) is 74.9. The van der Waals surface area contributed by atoms with E-state index in [-0.39, 0.29) is 10.8 Å². The van der Waals surface area contributed by atoms with Crippen LogP contribution in [0.15, 0.2) is 443 Å². The normalized spacial score (nSPS) is 12.7. The summed E-state index contributed by atoms with van der Waals surface area (Å²) in [4.78, 5) is 30.2. The Labute approximate surface area is 779 Å². The Kier molecular flexibility index (Phi) is 18.9. The van der Waals surface area contributed by atoms with E-state index in [1.54, 1.807) is 0 Å². The Hall–Kier alpha value is -16.9. The third-order valence-corrected chi connectivity index (χ3v) is 28.7. The van der Waals surface area contributed by atoms with Crippen LogP contribution in [0.1, 0.15) is 49.9 Å². The van der Waals surface area contributed by atoms with Crippen molar-refractivity contribution in [2.45, 2.75) is 38.5 Å². The molecule has 0 amide bonds. The minimum absolute atomic E-state index is 0.0726. The molecule has 10 heteroatoms. The van der Waals surface area contributed by atoms with Crippen LogP contribution in [-0.4, -0.2) is 43.6 Å². The van der Waals surface area contributed by atoms with E-state index in [1.807, 2.05) is 84.1 Å². The monoisotopic (exact) mass is 1730 g/mol. The first kappa shape index (κ1) is 79.3. The lowest BCUT2D eigenvalue weighted by Crippen LogP contribution is -2.14. The minimum Gasteiger partial charge on any atom is -0.309 e. The maximum atomic E-state index is 5.26. The summed E-state index contributed by atoms with van der Waals surface area (Å²) in [5.74, 6) is 3.61. The first-order valence-electron chi connectivity index (χ1n) is 45.8. The fraction of sp³-hybridized carbons (Fsp3) is 0.0484. The van der Waals surface area contributed by atoms with Crippen LogP contribution in [0.2, 0.25) is 0 Å². The van der Waals surface area contributed by atoms with Gasteiger partial charge in [-0.3, -0.25) is 4.57 Å². The van der Waals surface area contributed by atoms with Gasteiger partial charge >= 0.3 is 0 Å². The number of hydrogen-bond donors (Lipinski definition) is 0. The van der Waals surface area contributed by atoms with Crippen molar-refractivity contribution >= 4 is 108 Å². The van der Waals surface area contributed by atoms with Crippen molar-refractivity contribution in [2.75, 3.05) is 0 Å². The molecule has 7 heterocycles. The maximum absolute atomic E-state index is 5.26. The molecule has 0 aliphatic heterocycles. The van der Waals surface area contributed by atoms with Gasteiger partial charge in [0.05, 0.1) is 50.0 Å². The molecule has 25 aromatic rings. The van der Waals surface area contributed by atoms with Gasteiger partial charge in [0.1, 0.15) is 5.82 Å². The number of aromatic nitrogens is 9. The smallest absolute Gasteiger partial charge is 0.164 e. The number of pyridine rings is 1. The van der Waals surface area contributed by atoms with Gasteiger partial charge in [-0.25, -0.2) is 29.9 Å². The molecule has 2 aliphatic rings. The number of benzene rings is 18. The van der Waals surface area contributed by atoms with Gasteiger partial charge in [0.25, 0.3) is 0 Å². The summed E-state index contributed by atoms with van der Waals surface area (Å²) in [6.45, 7) is 9.37. The first-order chi connectivity index (χ1) is 65.9. The molecule has 0 spiro atoms. The average molecular weight is 1730 g/mol. The predicted molar refractivity (Wildman–Crippen MR) is 558 cm³/mol. The number of nitrogens with zero attached hydrogens (tertiary/aromatic N) is 9. The quantitative estimate of drug-likeness (QED) is 0.128. The van der Waals surface area contributed by atoms with E-state index in [9.17, 15) is 0 Å². The van der Waals surface area contributed by atoms with Gasteiger partial charge in [-0.2, -0.15) is 0 Å². The minimum atomic E-state index is -0.0805. The number of hydrogen-bond acceptors (Lipinski definition) is 7. The van der Waals surface area contributed by atoms with Gasteiger partial charge in [-0.1, -0.05) is 361 Å². The second-order valence-corrected chi connectivity index (χ2v) is 37.0. The highest BCUT2D eigenvalue weighted by molar-refractivity contribution is 7.26. The van der Waals surface area contributed by atoms with Crippen molar-refractivity contribution < 1.29 is 0 Å². The average Bonchev–Trinajstić information content (AvgIpc) is 1.55. The molecule has 9 nitrogen and oxygen atoms in total. The lowest BCUT2D eigenvalue weighted by Gasteiger charge is -2.21. The van der Waals surface area contributed by atoms with E-state index in [2.05, 4.69) is 411 Å². The molecule has 0 bridgehead atoms. The molecule has 0 N–H and O–H groups in total. The van der Waals surface area contributed by atoms with Crippen molar-refractivity contribution in [3.05, 3.63) is 465 Å². The summed E-state index contributed by atoms with van der Waals surface area (Å²) in [7, 11) is 0. The zero-order chi connectivity index (χ0) is 89.3. The van der Waals surface area contributed by atoms with Gasteiger partial charge in [0, 0.05) is 113 Å².